The molecule has 0 heterocycles. The van der Waals surface area contributed by atoms with Crippen molar-refractivity contribution in [2.24, 2.45) is 0 Å². The molecule has 2 nitrogen and oxygen atoms in total. The molecule has 0 aliphatic heterocycles. The van der Waals surface area contributed by atoms with E-state index in [1.165, 1.54) is 5.56 Å². The molecule has 122 valence electrons. The summed E-state index contributed by atoms with van der Waals surface area (Å²) < 4.78 is 0. The maximum absolute atomic E-state index is 12.8. The van der Waals surface area contributed by atoms with Crippen molar-refractivity contribution in [2.45, 2.75) is 19.3 Å². The summed E-state index contributed by atoms with van der Waals surface area (Å²) in [4.78, 5) is 25.5. The highest BCUT2D eigenvalue weighted by atomic mass is 16.1. The first-order valence-electron chi connectivity index (χ1n) is 8.51. The number of ketones is 2. The van der Waals surface area contributed by atoms with Crippen molar-refractivity contribution in [3.05, 3.63) is 106 Å². The van der Waals surface area contributed by atoms with Crippen molar-refractivity contribution < 1.29 is 9.59 Å². The fourth-order valence-corrected chi connectivity index (χ4v) is 3.53. The van der Waals surface area contributed by atoms with E-state index in [-0.39, 0.29) is 11.6 Å². The van der Waals surface area contributed by atoms with E-state index in [2.05, 4.69) is 19.1 Å². The Morgan fingerprint density at radius 2 is 1.24 bits per heavy atom. The van der Waals surface area contributed by atoms with E-state index in [0.717, 1.165) is 12.0 Å². The van der Waals surface area contributed by atoms with E-state index in [9.17, 15) is 9.59 Å². The number of hydrogen-bond acceptors (Lipinski definition) is 2. The largest absolute Gasteiger partial charge is 0.289 e. The third-order valence-corrected chi connectivity index (χ3v) is 4.90. The highest BCUT2D eigenvalue weighted by Crippen LogP contribution is 2.29. The van der Waals surface area contributed by atoms with Gasteiger partial charge in [-0.1, -0.05) is 73.7 Å². The molecule has 1 aliphatic rings. The quantitative estimate of drug-likeness (QED) is 0.541. The molecule has 0 radical (unpaired) electrons. The van der Waals surface area contributed by atoms with Crippen molar-refractivity contribution in [2.75, 3.05) is 0 Å². The predicted octanol–water partition coefficient (Wildman–Crippen LogP) is 4.81. The first kappa shape index (κ1) is 15.5. The van der Waals surface area contributed by atoms with Crippen LogP contribution in [0.3, 0.4) is 0 Å². The second-order valence-electron chi connectivity index (χ2n) is 6.60. The lowest BCUT2D eigenvalue weighted by Gasteiger charge is -2.19. The van der Waals surface area contributed by atoms with Crippen LogP contribution in [-0.2, 0) is 6.42 Å². The van der Waals surface area contributed by atoms with Crippen LogP contribution in [0.25, 0.3) is 0 Å². The molecule has 0 saturated heterocycles. The number of benzene rings is 3. The van der Waals surface area contributed by atoms with Crippen molar-refractivity contribution in [3.8, 4) is 0 Å². The van der Waals surface area contributed by atoms with E-state index in [1.807, 2.05) is 30.3 Å². The first-order chi connectivity index (χ1) is 12.1. The lowest BCUT2D eigenvalue weighted by molar-refractivity contribution is 0.0979. The zero-order chi connectivity index (χ0) is 17.4. The van der Waals surface area contributed by atoms with E-state index >= 15 is 0 Å². The molecule has 1 aliphatic carbocycles. The maximum Gasteiger partial charge on any atom is 0.194 e. The molecule has 0 fully saturated rings. The monoisotopic (exact) mass is 326 g/mol. The van der Waals surface area contributed by atoms with E-state index in [4.69, 9.17) is 0 Å². The van der Waals surface area contributed by atoms with Crippen LogP contribution in [0.4, 0.5) is 0 Å². The number of fused-ring (bicyclic) bond motifs is 2. The minimum absolute atomic E-state index is 0.0561. The van der Waals surface area contributed by atoms with Crippen molar-refractivity contribution in [3.63, 3.8) is 0 Å². The van der Waals surface area contributed by atoms with Gasteiger partial charge in [-0.3, -0.25) is 9.59 Å². The first-order valence-corrected chi connectivity index (χ1v) is 8.51. The van der Waals surface area contributed by atoms with Gasteiger partial charge in [0.15, 0.2) is 11.6 Å². The van der Waals surface area contributed by atoms with E-state index in [1.54, 1.807) is 30.3 Å². The summed E-state index contributed by atoms with van der Waals surface area (Å²) in [5, 5.41) is 0. The Balaban J connectivity index is 1.69. The average Bonchev–Trinajstić information content (AvgIpc) is 2.67. The van der Waals surface area contributed by atoms with Gasteiger partial charge in [0.2, 0.25) is 0 Å². The number of hydrogen-bond donors (Lipinski definition) is 0. The molecule has 1 atom stereocenters. The topological polar surface area (TPSA) is 34.1 Å². The van der Waals surface area contributed by atoms with Gasteiger partial charge in [-0.25, -0.2) is 0 Å². The van der Waals surface area contributed by atoms with Crippen molar-refractivity contribution in [1.82, 2.24) is 0 Å². The summed E-state index contributed by atoms with van der Waals surface area (Å²) in [6, 6.07) is 23.1. The Hall–Kier alpha value is -3.00. The molecule has 1 unspecified atom stereocenters. The standard InChI is InChI=1S/C23H18O2/c1-15(17-7-3-2-4-8-17)13-16-11-12-20-21(14-16)23(25)19-10-6-5-9-18(19)22(20)24/h2-12,14-15H,13H2,1H3. The molecule has 0 saturated carbocycles. The summed E-state index contributed by atoms with van der Waals surface area (Å²) in [6.45, 7) is 2.18. The van der Waals surface area contributed by atoms with Crippen LogP contribution >= 0.6 is 0 Å². The number of carbonyl (C=O) groups excluding carboxylic acids is 2. The SMILES string of the molecule is CC(Cc1ccc2c(c1)C(=O)c1ccccc1C2=O)c1ccccc1. The molecule has 2 heteroatoms. The van der Waals surface area contributed by atoms with Crippen LogP contribution in [0.5, 0.6) is 0 Å². The van der Waals surface area contributed by atoms with Crippen LogP contribution in [0, 0.1) is 0 Å². The van der Waals surface area contributed by atoms with E-state index < -0.39 is 0 Å². The zero-order valence-corrected chi connectivity index (χ0v) is 14.0. The van der Waals surface area contributed by atoms with Gasteiger partial charge in [0.05, 0.1) is 0 Å². The fourth-order valence-electron chi connectivity index (χ4n) is 3.53. The predicted molar refractivity (Wildman–Crippen MR) is 98.3 cm³/mol. The number of carbonyl (C=O) groups is 2. The summed E-state index contributed by atoms with van der Waals surface area (Å²) in [5.41, 5.74) is 4.41. The molecule has 4 rings (SSSR count). The van der Waals surface area contributed by atoms with Gasteiger partial charge in [0.25, 0.3) is 0 Å². The summed E-state index contributed by atoms with van der Waals surface area (Å²) in [5.74, 6) is 0.230. The molecule has 0 amide bonds. The summed E-state index contributed by atoms with van der Waals surface area (Å²) in [6.07, 6.45) is 0.834. The van der Waals surface area contributed by atoms with Crippen LogP contribution in [0.2, 0.25) is 0 Å². The number of rotatable bonds is 3. The normalized spacial score (nSPS) is 14.0. The Kier molecular flexibility index (Phi) is 3.81. The summed E-state index contributed by atoms with van der Waals surface area (Å²) >= 11 is 0. The van der Waals surface area contributed by atoms with Crippen LogP contribution < -0.4 is 0 Å². The molecule has 0 spiro atoms. The second-order valence-corrected chi connectivity index (χ2v) is 6.60. The molecule has 3 aromatic carbocycles. The third-order valence-electron chi connectivity index (χ3n) is 4.90. The molecular weight excluding hydrogens is 308 g/mol. The Labute approximate surface area is 147 Å². The smallest absolute Gasteiger partial charge is 0.194 e. The molecule has 3 aromatic rings. The van der Waals surface area contributed by atoms with Crippen LogP contribution in [-0.4, -0.2) is 11.6 Å². The molecule has 0 N–H and O–H groups in total. The van der Waals surface area contributed by atoms with E-state index in [0.29, 0.717) is 28.2 Å². The minimum atomic E-state index is -0.0622. The fraction of sp³-hybridized carbons (Fsp3) is 0.130. The van der Waals surface area contributed by atoms with Crippen LogP contribution in [0.15, 0.2) is 72.8 Å². The highest BCUT2D eigenvalue weighted by molar-refractivity contribution is 6.28. The van der Waals surface area contributed by atoms with Gasteiger partial charge in [0, 0.05) is 22.3 Å². The van der Waals surface area contributed by atoms with Gasteiger partial charge >= 0.3 is 0 Å². The van der Waals surface area contributed by atoms with Crippen molar-refractivity contribution >= 4 is 11.6 Å². The molecule has 0 bridgehead atoms. The molecular formula is C23H18O2. The maximum atomic E-state index is 12.8. The molecule has 0 aromatic heterocycles. The van der Waals surface area contributed by atoms with Gasteiger partial charge in [-0.05, 0) is 29.5 Å². The van der Waals surface area contributed by atoms with Gasteiger partial charge in [0.1, 0.15) is 0 Å². The van der Waals surface area contributed by atoms with Gasteiger partial charge < -0.3 is 0 Å². The zero-order valence-electron chi connectivity index (χ0n) is 14.0. The lowest BCUT2D eigenvalue weighted by Crippen LogP contribution is -2.21. The Morgan fingerprint density at radius 1 is 0.680 bits per heavy atom. The van der Waals surface area contributed by atoms with Gasteiger partial charge in [-0.15, -0.1) is 0 Å². The lowest BCUT2D eigenvalue weighted by atomic mass is 9.82. The van der Waals surface area contributed by atoms with Gasteiger partial charge in [-0.2, -0.15) is 0 Å². The Morgan fingerprint density at radius 3 is 1.92 bits per heavy atom. The van der Waals surface area contributed by atoms with Crippen molar-refractivity contribution in [1.29, 1.82) is 0 Å². The third kappa shape index (κ3) is 2.70. The summed E-state index contributed by atoms with van der Waals surface area (Å²) in [7, 11) is 0. The Bertz CT molecular complexity index is 970. The highest BCUT2D eigenvalue weighted by Gasteiger charge is 2.29. The van der Waals surface area contributed by atoms with Crippen LogP contribution in [0.1, 0.15) is 55.8 Å². The minimum Gasteiger partial charge on any atom is -0.289 e. The average molecular weight is 326 g/mol. The second kappa shape index (κ2) is 6.14. The molecule has 25 heavy (non-hydrogen) atoms.